The summed E-state index contributed by atoms with van der Waals surface area (Å²) in [6.45, 7) is 0. The summed E-state index contributed by atoms with van der Waals surface area (Å²) < 4.78 is 76.0. The average molecular weight is 279 g/mol. The Morgan fingerprint density at radius 3 is 1.95 bits per heavy atom. The van der Waals surface area contributed by atoms with Crippen LogP contribution in [0.2, 0.25) is 0 Å². The third-order valence-corrected chi connectivity index (χ3v) is 2.66. The molecular formula is C12H7F6N. The normalized spacial score (nSPS) is 12.9. The highest BCUT2D eigenvalue weighted by Crippen LogP contribution is 2.40. The summed E-state index contributed by atoms with van der Waals surface area (Å²) in [6, 6.07) is 4.17. The van der Waals surface area contributed by atoms with Gasteiger partial charge < -0.3 is 5.73 Å². The number of alkyl halides is 6. The highest BCUT2D eigenvalue weighted by Gasteiger charge is 2.35. The lowest BCUT2D eigenvalue weighted by Gasteiger charge is -2.14. The van der Waals surface area contributed by atoms with Gasteiger partial charge in [0, 0.05) is 11.1 Å². The molecule has 0 aromatic heterocycles. The van der Waals surface area contributed by atoms with Gasteiger partial charge in [-0.3, -0.25) is 0 Å². The Hall–Kier alpha value is -1.92. The Labute approximate surface area is 103 Å². The number of anilines is 1. The summed E-state index contributed by atoms with van der Waals surface area (Å²) >= 11 is 0. The van der Waals surface area contributed by atoms with Crippen LogP contribution in [0.4, 0.5) is 32.0 Å². The third-order valence-electron chi connectivity index (χ3n) is 2.66. The molecule has 0 fully saturated rings. The summed E-state index contributed by atoms with van der Waals surface area (Å²) in [6.07, 6.45) is -9.49. The second-order valence-corrected chi connectivity index (χ2v) is 3.96. The minimum Gasteiger partial charge on any atom is -0.398 e. The Morgan fingerprint density at radius 2 is 1.42 bits per heavy atom. The number of hydrogen-bond donors (Lipinski definition) is 1. The first kappa shape index (κ1) is 13.5. The van der Waals surface area contributed by atoms with Crippen LogP contribution in [0.3, 0.4) is 0 Å². The predicted molar refractivity (Wildman–Crippen MR) is 58.4 cm³/mol. The molecule has 0 aliphatic rings. The van der Waals surface area contributed by atoms with Crippen LogP contribution in [-0.2, 0) is 12.4 Å². The first-order chi connectivity index (χ1) is 8.60. The zero-order valence-corrected chi connectivity index (χ0v) is 9.23. The summed E-state index contributed by atoms with van der Waals surface area (Å²) in [5.74, 6) is 0. The lowest BCUT2D eigenvalue weighted by molar-refractivity contribution is -0.139. The Kier molecular flexibility index (Phi) is 2.87. The van der Waals surface area contributed by atoms with E-state index >= 15 is 0 Å². The van der Waals surface area contributed by atoms with Crippen molar-refractivity contribution < 1.29 is 26.3 Å². The van der Waals surface area contributed by atoms with Crippen LogP contribution in [0.15, 0.2) is 30.3 Å². The summed E-state index contributed by atoms with van der Waals surface area (Å²) in [4.78, 5) is 0. The van der Waals surface area contributed by atoms with Crippen molar-refractivity contribution in [3.8, 4) is 0 Å². The van der Waals surface area contributed by atoms with Crippen molar-refractivity contribution in [3.63, 3.8) is 0 Å². The molecule has 0 radical (unpaired) electrons. The monoisotopic (exact) mass is 279 g/mol. The second-order valence-electron chi connectivity index (χ2n) is 3.96. The van der Waals surface area contributed by atoms with Crippen molar-refractivity contribution in [1.29, 1.82) is 0 Å². The molecule has 0 saturated carbocycles. The summed E-state index contributed by atoms with van der Waals surface area (Å²) in [7, 11) is 0. The van der Waals surface area contributed by atoms with Crippen LogP contribution < -0.4 is 5.73 Å². The van der Waals surface area contributed by atoms with E-state index < -0.39 is 28.9 Å². The number of benzene rings is 2. The quantitative estimate of drug-likeness (QED) is 0.559. The molecule has 0 unspecified atom stereocenters. The molecule has 2 rings (SSSR count). The van der Waals surface area contributed by atoms with Gasteiger partial charge in [-0.05, 0) is 23.6 Å². The standard InChI is InChI=1S/C12H7F6N/c13-11(14,15)6-4-8-7(10(19)5-6)2-1-3-9(8)12(16,17)18/h1-5H,19H2. The first-order valence-electron chi connectivity index (χ1n) is 5.07. The fourth-order valence-corrected chi connectivity index (χ4v) is 1.83. The molecule has 2 aromatic rings. The zero-order valence-electron chi connectivity index (χ0n) is 9.23. The van der Waals surface area contributed by atoms with Crippen LogP contribution in [-0.4, -0.2) is 0 Å². The molecule has 0 heterocycles. The number of nitrogen functional groups attached to an aromatic ring is 1. The van der Waals surface area contributed by atoms with E-state index in [1.54, 1.807) is 0 Å². The number of rotatable bonds is 0. The predicted octanol–water partition coefficient (Wildman–Crippen LogP) is 4.46. The van der Waals surface area contributed by atoms with E-state index in [0.29, 0.717) is 12.1 Å². The van der Waals surface area contributed by atoms with Crippen molar-refractivity contribution in [1.82, 2.24) is 0 Å². The van der Waals surface area contributed by atoms with E-state index in [0.717, 1.165) is 12.1 Å². The van der Waals surface area contributed by atoms with Gasteiger partial charge in [0.05, 0.1) is 11.1 Å². The molecule has 0 amide bonds. The number of halogens is 6. The molecule has 0 aliphatic heterocycles. The van der Waals surface area contributed by atoms with E-state index in [1.807, 2.05) is 0 Å². The fraction of sp³-hybridized carbons (Fsp3) is 0.167. The third kappa shape index (κ3) is 2.45. The van der Waals surface area contributed by atoms with Gasteiger partial charge in [-0.2, -0.15) is 26.3 Å². The Morgan fingerprint density at radius 1 is 0.789 bits per heavy atom. The van der Waals surface area contributed by atoms with Crippen LogP contribution in [0, 0.1) is 0 Å². The van der Waals surface area contributed by atoms with Gasteiger partial charge in [-0.25, -0.2) is 0 Å². The summed E-state index contributed by atoms with van der Waals surface area (Å²) in [5, 5.41) is -0.606. The minimum atomic E-state index is -4.75. The van der Waals surface area contributed by atoms with Gasteiger partial charge in [0.25, 0.3) is 0 Å². The smallest absolute Gasteiger partial charge is 0.398 e. The van der Waals surface area contributed by atoms with E-state index in [1.165, 1.54) is 6.07 Å². The van der Waals surface area contributed by atoms with Gasteiger partial charge in [0.15, 0.2) is 0 Å². The highest BCUT2D eigenvalue weighted by molar-refractivity contribution is 5.96. The molecule has 0 atom stereocenters. The largest absolute Gasteiger partial charge is 0.417 e. The van der Waals surface area contributed by atoms with Crippen LogP contribution in [0.1, 0.15) is 11.1 Å². The molecule has 19 heavy (non-hydrogen) atoms. The first-order valence-corrected chi connectivity index (χ1v) is 5.07. The van der Waals surface area contributed by atoms with Crippen LogP contribution in [0.5, 0.6) is 0 Å². The molecule has 0 bridgehead atoms. The molecule has 0 saturated heterocycles. The van der Waals surface area contributed by atoms with Crippen molar-refractivity contribution in [2.75, 3.05) is 5.73 Å². The molecule has 102 valence electrons. The molecule has 0 aliphatic carbocycles. The molecular weight excluding hydrogens is 272 g/mol. The highest BCUT2D eigenvalue weighted by atomic mass is 19.4. The van der Waals surface area contributed by atoms with Crippen molar-refractivity contribution in [2.45, 2.75) is 12.4 Å². The average Bonchev–Trinajstić information content (AvgIpc) is 2.25. The second kappa shape index (κ2) is 4.04. The van der Waals surface area contributed by atoms with Crippen molar-refractivity contribution >= 4 is 16.5 Å². The van der Waals surface area contributed by atoms with Gasteiger partial charge in [0.2, 0.25) is 0 Å². The molecule has 7 heteroatoms. The van der Waals surface area contributed by atoms with Crippen molar-refractivity contribution in [3.05, 3.63) is 41.5 Å². The van der Waals surface area contributed by atoms with Gasteiger partial charge in [-0.1, -0.05) is 12.1 Å². The van der Waals surface area contributed by atoms with Crippen molar-refractivity contribution in [2.24, 2.45) is 0 Å². The van der Waals surface area contributed by atoms with Gasteiger partial charge in [-0.15, -0.1) is 0 Å². The molecule has 2 aromatic carbocycles. The number of fused-ring (bicyclic) bond motifs is 1. The van der Waals surface area contributed by atoms with Gasteiger partial charge in [0.1, 0.15) is 0 Å². The van der Waals surface area contributed by atoms with Crippen LogP contribution >= 0.6 is 0 Å². The molecule has 0 spiro atoms. The van der Waals surface area contributed by atoms with Crippen LogP contribution in [0.25, 0.3) is 10.8 Å². The van der Waals surface area contributed by atoms with E-state index in [-0.39, 0.29) is 11.1 Å². The maximum atomic E-state index is 12.8. The van der Waals surface area contributed by atoms with E-state index in [9.17, 15) is 26.3 Å². The lowest BCUT2D eigenvalue weighted by Crippen LogP contribution is -2.09. The summed E-state index contributed by atoms with van der Waals surface area (Å²) in [5.41, 5.74) is 2.73. The van der Waals surface area contributed by atoms with E-state index in [4.69, 9.17) is 5.73 Å². The van der Waals surface area contributed by atoms with E-state index in [2.05, 4.69) is 0 Å². The van der Waals surface area contributed by atoms with Gasteiger partial charge >= 0.3 is 12.4 Å². The Bertz CT molecular complexity index is 626. The SMILES string of the molecule is Nc1cc(C(F)(F)F)cc2c(C(F)(F)F)cccc12. The maximum Gasteiger partial charge on any atom is 0.417 e. The number of nitrogens with two attached hydrogens (primary N) is 1. The lowest BCUT2D eigenvalue weighted by atomic mass is 9.99. The number of hydrogen-bond acceptors (Lipinski definition) is 1. The molecule has 1 nitrogen and oxygen atoms in total. The fourth-order valence-electron chi connectivity index (χ4n) is 1.83. The topological polar surface area (TPSA) is 26.0 Å². The Balaban J connectivity index is 2.84. The zero-order chi connectivity index (χ0) is 14.4. The minimum absolute atomic E-state index is 0.0529. The molecule has 2 N–H and O–H groups in total. The maximum absolute atomic E-state index is 12.8.